The molecule has 0 saturated carbocycles. The summed E-state index contributed by atoms with van der Waals surface area (Å²) >= 11 is 0. The molecule has 1 aliphatic heterocycles. The summed E-state index contributed by atoms with van der Waals surface area (Å²) in [5.74, 6) is 1.27. The van der Waals surface area contributed by atoms with Gasteiger partial charge in [-0.1, -0.05) is 18.2 Å². The van der Waals surface area contributed by atoms with Crippen molar-refractivity contribution in [3.8, 4) is 5.75 Å². The van der Waals surface area contributed by atoms with E-state index in [2.05, 4.69) is 10.5 Å². The van der Waals surface area contributed by atoms with Gasteiger partial charge in [0, 0.05) is 6.42 Å². The number of fused-ring (bicyclic) bond motifs is 1. The number of nitrogens with one attached hydrogen (secondary N) is 1. The van der Waals surface area contributed by atoms with Crippen molar-refractivity contribution in [3.05, 3.63) is 29.8 Å². The molecule has 0 unspecified atom stereocenters. The summed E-state index contributed by atoms with van der Waals surface area (Å²) in [5, 5.41) is 3.75. The minimum absolute atomic E-state index is 0.479. The number of nitrogens with zero attached hydrogens (tertiary/aromatic N) is 1. The summed E-state index contributed by atoms with van der Waals surface area (Å²) in [6.07, 6.45) is 1.52. The van der Waals surface area contributed by atoms with Gasteiger partial charge in [-0.2, -0.15) is 0 Å². The van der Waals surface area contributed by atoms with Crippen LogP contribution in [0.5, 0.6) is 5.75 Å². The molecular weight excluding hydrogens is 194 g/mol. The maximum absolute atomic E-state index is 10.4. The third kappa shape index (κ3) is 2.25. The van der Waals surface area contributed by atoms with Crippen molar-refractivity contribution in [2.45, 2.75) is 12.8 Å². The number of carbonyl (C=O) groups excluding carboxylic acids is 1. The van der Waals surface area contributed by atoms with Gasteiger partial charge < -0.3 is 10.5 Å². The number of benzene rings is 1. The molecule has 1 aromatic carbocycles. The second-order valence-corrected chi connectivity index (χ2v) is 3.19. The number of urea groups is 1. The number of ether oxygens (including phenoxy) is 1. The SMILES string of the molecule is NC(=O)NN=C1CCc2ccccc2O1. The van der Waals surface area contributed by atoms with Crippen LogP contribution in [0.2, 0.25) is 0 Å². The molecule has 0 saturated heterocycles. The predicted molar refractivity (Wildman–Crippen MR) is 55.5 cm³/mol. The van der Waals surface area contributed by atoms with Crippen LogP contribution in [0.15, 0.2) is 29.4 Å². The maximum atomic E-state index is 10.4. The minimum Gasteiger partial charge on any atom is -0.441 e. The summed E-state index contributed by atoms with van der Waals surface area (Å²) in [7, 11) is 0. The predicted octanol–water partition coefficient (Wildman–Crippen LogP) is 0.993. The zero-order valence-corrected chi connectivity index (χ0v) is 8.06. The van der Waals surface area contributed by atoms with E-state index >= 15 is 0 Å². The molecule has 5 nitrogen and oxygen atoms in total. The Hall–Kier alpha value is -2.04. The second kappa shape index (κ2) is 4.00. The quantitative estimate of drug-likeness (QED) is 0.671. The average Bonchev–Trinajstić information content (AvgIpc) is 2.26. The van der Waals surface area contributed by atoms with E-state index in [1.165, 1.54) is 0 Å². The highest BCUT2D eigenvalue weighted by Gasteiger charge is 2.14. The highest BCUT2D eigenvalue weighted by atomic mass is 16.5. The lowest BCUT2D eigenvalue weighted by atomic mass is 10.1. The van der Waals surface area contributed by atoms with E-state index < -0.39 is 6.03 Å². The zero-order chi connectivity index (χ0) is 10.7. The van der Waals surface area contributed by atoms with Gasteiger partial charge in [0.1, 0.15) is 5.75 Å². The van der Waals surface area contributed by atoms with Gasteiger partial charge in [-0.05, 0) is 18.1 Å². The standard InChI is InChI=1S/C10H11N3O2/c11-10(14)13-12-9-6-5-7-3-1-2-4-8(7)15-9/h1-4H,5-6H2,(H3,11,13,14). The summed E-state index contributed by atoms with van der Waals surface area (Å²) in [5.41, 5.74) is 8.19. The van der Waals surface area contributed by atoms with Crippen LogP contribution in [0, 0.1) is 0 Å². The number of hydrazone groups is 1. The molecule has 0 aliphatic carbocycles. The lowest BCUT2D eigenvalue weighted by molar-refractivity contribution is 0.249. The Morgan fingerprint density at radius 1 is 1.40 bits per heavy atom. The lowest BCUT2D eigenvalue weighted by Gasteiger charge is -2.17. The van der Waals surface area contributed by atoms with Crippen LogP contribution in [0.4, 0.5) is 4.79 Å². The fraction of sp³-hybridized carbons (Fsp3) is 0.200. The molecular formula is C10H11N3O2. The molecule has 0 radical (unpaired) electrons. The largest absolute Gasteiger partial charge is 0.441 e. The first-order chi connectivity index (χ1) is 7.25. The van der Waals surface area contributed by atoms with Crippen molar-refractivity contribution in [1.29, 1.82) is 0 Å². The van der Waals surface area contributed by atoms with Gasteiger partial charge in [0.25, 0.3) is 0 Å². The fourth-order valence-electron chi connectivity index (χ4n) is 1.43. The minimum atomic E-state index is -0.690. The number of para-hydroxylation sites is 1. The Morgan fingerprint density at radius 3 is 3.00 bits per heavy atom. The van der Waals surface area contributed by atoms with Crippen molar-refractivity contribution in [2.24, 2.45) is 10.8 Å². The van der Waals surface area contributed by atoms with E-state index in [0.29, 0.717) is 12.3 Å². The first-order valence-electron chi connectivity index (χ1n) is 4.63. The number of carbonyl (C=O) groups is 1. The Labute approximate surface area is 86.9 Å². The van der Waals surface area contributed by atoms with Gasteiger partial charge in [0.2, 0.25) is 5.90 Å². The molecule has 1 heterocycles. The van der Waals surface area contributed by atoms with Crippen LogP contribution >= 0.6 is 0 Å². The van der Waals surface area contributed by atoms with E-state index in [1.54, 1.807) is 0 Å². The number of aryl methyl sites for hydroxylation is 1. The van der Waals surface area contributed by atoms with Crippen molar-refractivity contribution >= 4 is 11.9 Å². The van der Waals surface area contributed by atoms with Crippen molar-refractivity contribution in [1.82, 2.24) is 5.43 Å². The summed E-state index contributed by atoms with van der Waals surface area (Å²) < 4.78 is 5.46. The highest BCUT2D eigenvalue weighted by Crippen LogP contribution is 2.24. The molecule has 15 heavy (non-hydrogen) atoms. The molecule has 0 atom stereocenters. The number of hydrogen-bond acceptors (Lipinski definition) is 3. The van der Waals surface area contributed by atoms with Gasteiger partial charge in [-0.15, -0.1) is 5.10 Å². The van der Waals surface area contributed by atoms with Gasteiger partial charge >= 0.3 is 6.03 Å². The molecule has 0 bridgehead atoms. The molecule has 1 aliphatic rings. The molecule has 2 amide bonds. The Balaban J connectivity index is 2.12. The summed E-state index contributed by atoms with van der Waals surface area (Å²) in [6, 6.07) is 7.04. The van der Waals surface area contributed by atoms with Crippen molar-refractivity contribution in [3.63, 3.8) is 0 Å². The maximum Gasteiger partial charge on any atom is 0.332 e. The van der Waals surface area contributed by atoms with Crippen LogP contribution < -0.4 is 15.9 Å². The molecule has 0 fully saturated rings. The van der Waals surface area contributed by atoms with E-state index in [0.717, 1.165) is 17.7 Å². The molecule has 1 aromatic rings. The molecule has 0 aromatic heterocycles. The van der Waals surface area contributed by atoms with Gasteiger partial charge in [-0.25, -0.2) is 10.2 Å². The second-order valence-electron chi connectivity index (χ2n) is 3.19. The van der Waals surface area contributed by atoms with Crippen molar-refractivity contribution < 1.29 is 9.53 Å². The van der Waals surface area contributed by atoms with Gasteiger partial charge in [-0.3, -0.25) is 0 Å². The molecule has 5 heteroatoms. The van der Waals surface area contributed by atoms with E-state index in [-0.39, 0.29) is 0 Å². The zero-order valence-electron chi connectivity index (χ0n) is 8.06. The number of primary amides is 1. The number of nitrogens with two attached hydrogens (primary N) is 1. The third-order valence-corrected chi connectivity index (χ3v) is 2.10. The summed E-state index contributed by atoms with van der Waals surface area (Å²) in [4.78, 5) is 10.4. The first kappa shape index (κ1) is 9.51. The topological polar surface area (TPSA) is 76.7 Å². The Morgan fingerprint density at radius 2 is 2.20 bits per heavy atom. The number of rotatable bonds is 1. The first-order valence-corrected chi connectivity index (χ1v) is 4.63. The number of amides is 2. The van der Waals surface area contributed by atoms with E-state index in [1.807, 2.05) is 24.3 Å². The Kier molecular flexibility index (Phi) is 2.53. The van der Waals surface area contributed by atoms with E-state index in [9.17, 15) is 4.79 Å². The molecule has 3 N–H and O–H groups in total. The van der Waals surface area contributed by atoms with Crippen LogP contribution in [0.1, 0.15) is 12.0 Å². The van der Waals surface area contributed by atoms with Crippen LogP contribution in [-0.2, 0) is 6.42 Å². The fourth-order valence-corrected chi connectivity index (χ4v) is 1.43. The van der Waals surface area contributed by atoms with Crippen LogP contribution in [0.3, 0.4) is 0 Å². The lowest BCUT2D eigenvalue weighted by Crippen LogP contribution is -2.28. The average molecular weight is 205 g/mol. The van der Waals surface area contributed by atoms with Crippen LogP contribution in [-0.4, -0.2) is 11.9 Å². The Bertz CT molecular complexity index is 415. The van der Waals surface area contributed by atoms with E-state index in [4.69, 9.17) is 10.5 Å². The highest BCUT2D eigenvalue weighted by molar-refractivity contribution is 5.82. The summed E-state index contributed by atoms with van der Waals surface area (Å²) in [6.45, 7) is 0. The smallest absolute Gasteiger partial charge is 0.332 e. The van der Waals surface area contributed by atoms with Gasteiger partial charge in [0.15, 0.2) is 0 Å². The number of hydrogen-bond donors (Lipinski definition) is 2. The molecule has 2 rings (SSSR count). The van der Waals surface area contributed by atoms with Crippen LogP contribution in [0.25, 0.3) is 0 Å². The normalized spacial score (nSPS) is 16.7. The molecule has 78 valence electrons. The third-order valence-electron chi connectivity index (χ3n) is 2.10. The van der Waals surface area contributed by atoms with Crippen molar-refractivity contribution in [2.75, 3.05) is 0 Å². The molecule has 0 spiro atoms. The van der Waals surface area contributed by atoms with Gasteiger partial charge in [0.05, 0.1) is 0 Å². The monoisotopic (exact) mass is 205 g/mol.